The van der Waals surface area contributed by atoms with Gasteiger partial charge in [-0.15, -0.1) is 0 Å². The lowest BCUT2D eigenvalue weighted by Crippen LogP contribution is -2.03. The number of rotatable bonds is 4. The summed E-state index contributed by atoms with van der Waals surface area (Å²) in [6.45, 7) is 3.98. The third kappa shape index (κ3) is 9.12. The molecule has 0 aliphatic heterocycles. The SMILES string of the molecule is CCOC(=O)/C=C\C(=O)OCC.[AlH3]. The number of ether oxygens (including phenoxy) is 2. The summed E-state index contributed by atoms with van der Waals surface area (Å²) >= 11 is 0. The standard InChI is InChI=1S/C8H12O4.Al.3H/c1-3-11-7(9)5-6-8(10)12-4-2;;;;/h5-6H,3-4H2,1-2H3;;;;/b6-5-;;;;. The molecular weight excluding hydrogens is 187 g/mol. The van der Waals surface area contributed by atoms with Crippen LogP contribution in [0.1, 0.15) is 13.8 Å². The van der Waals surface area contributed by atoms with Gasteiger partial charge in [0.1, 0.15) is 0 Å². The third-order valence-electron chi connectivity index (χ3n) is 0.929. The molecular formula is C8H15AlO4. The summed E-state index contributed by atoms with van der Waals surface area (Å²) < 4.78 is 9.07. The van der Waals surface area contributed by atoms with Crippen molar-refractivity contribution < 1.29 is 19.1 Å². The van der Waals surface area contributed by atoms with Gasteiger partial charge in [-0.3, -0.25) is 0 Å². The Morgan fingerprint density at radius 1 is 1.00 bits per heavy atom. The molecule has 0 aliphatic carbocycles. The Bertz CT molecular complexity index is 169. The first-order chi connectivity index (χ1) is 5.70. The van der Waals surface area contributed by atoms with Gasteiger partial charge >= 0.3 is 11.9 Å². The van der Waals surface area contributed by atoms with Crippen molar-refractivity contribution in [1.82, 2.24) is 0 Å². The van der Waals surface area contributed by atoms with Crippen LogP contribution in [0.2, 0.25) is 0 Å². The quantitative estimate of drug-likeness (QED) is 0.350. The number of carbonyl (C=O) groups is 2. The summed E-state index contributed by atoms with van der Waals surface area (Å²) in [6, 6.07) is 0. The Labute approximate surface area is 88.0 Å². The number of carbonyl (C=O) groups excluding carboxylic acids is 2. The summed E-state index contributed by atoms with van der Waals surface area (Å²) in [4.78, 5) is 21.3. The van der Waals surface area contributed by atoms with Gasteiger partial charge in [0.05, 0.1) is 13.2 Å². The maximum absolute atomic E-state index is 10.6. The Kier molecular flexibility index (Phi) is 10.5. The molecule has 0 rings (SSSR count). The fourth-order valence-electron chi connectivity index (χ4n) is 0.517. The number of esters is 2. The molecule has 74 valence electrons. The van der Waals surface area contributed by atoms with E-state index in [1.807, 2.05) is 0 Å². The largest absolute Gasteiger partial charge is 0.463 e. The average molecular weight is 202 g/mol. The smallest absolute Gasteiger partial charge is 0.330 e. The average Bonchev–Trinajstić information content (AvgIpc) is 2.02. The van der Waals surface area contributed by atoms with Gasteiger partial charge in [-0.2, -0.15) is 0 Å². The van der Waals surface area contributed by atoms with Crippen LogP contribution in [0.4, 0.5) is 0 Å². The highest BCUT2D eigenvalue weighted by Gasteiger charge is 1.97. The third-order valence-corrected chi connectivity index (χ3v) is 0.929. The summed E-state index contributed by atoms with van der Waals surface area (Å²) in [6.07, 6.45) is 2.09. The second kappa shape index (κ2) is 9.30. The molecule has 0 unspecified atom stereocenters. The minimum Gasteiger partial charge on any atom is -0.463 e. The highest BCUT2D eigenvalue weighted by molar-refractivity contribution is 5.91. The van der Waals surface area contributed by atoms with Crippen molar-refractivity contribution in [2.75, 3.05) is 13.2 Å². The van der Waals surface area contributed by atoms with E-state index >= 15 is 0 Å². The molecule has 5 heteroatoms. The first-order valence-corrected chi connectivity index (χ1v) is 3.72. The van der Waals surface area contributed by atoms with Gasteiger partial charge in [0.2, 0.25) is 0 Å². The lowest BCUT2D eigenvalue weighted by molar-refractivity contribution is -0.140. The van der Waals surface area contributed by atoms with E-state index in [0.717, 1.165) is 12.2 Å². The molecule has 0 atom stereocenters. The van der Waals surface area contributed by atoms with E-state index in [1.165, 1.54) is 0 Å². The summed E-state index contributed by atoms with van der Waals surface area (Å²) in [5.74, 6) is -1.07. The fraction of sp³-hybridized carbons (Fsp3) is 0.500. The second-order valence-electron chi connectivity index (χ2n) is 1.84. The van der Waals surface area contributed by atoms with Gasteiger partial charge in [-0.05, 0) is 13.8 Å². The van der Waals surface area contributed by atoms with Crippen LogP contribution in [0.5, 0.6) is 0 Å². The summed E-state index contributed by atoms with van der Waals surface area (Å²) in [5, 5.41) is 0. The van der Waals surface area contributed by atoms with E-state index in [9.17, 15) is 9.59 Å². The van der Waals surface area contributed by atoms with Gasteiger partial charge in [0, 0.05) is 12.2 Å². The summed E-state index contributed by atoms with van der Waals surface area (Å²) in [7, 11) is 0. The zero-order valence-corrected chi connectivity index (χ0v) is 7.20. The molecule has 0 aromatic carbocycles. The van der Waals surface area contributed by atoms with Gasteiger partial charge in [0.25, 0.3) is 0 Å². The van der Waals surface area contributed by atoms with E-state index in [0.29, 0.717) is 13.2 Å². The van der Waals surface area contributed by atoms with Crippen molar-refractivity contribution in [2.24, 2.45) is 0 Å². The molecule has 0 amide bonds. The van der Waals surface area contributed by atoms with Gasteiger partial charge in [-0.25, -0.2) is 9.59 Å². The monoisotopic (exact) mass is 202 g/mol. The maximum Gasteiger partial charge on any atom is 0.330 e. The second-order valence-corrected chi connectivity index (χ2v) is 1.84. The van der Waals surface area contributed by atoms with Crippen molar-refractivity contribution in [3.8, 4) is 0 Å². The molecule has 4 nitrogen and oxygen atoms in total. The molecule has 0 saturated carbocycles. The van der Waals surface area contributed by atoms with Crippen LogP contribution in [0.25, 0.3) is 0 Å². The van der Waals surface area contributed by atoms with Gasteiger partial charge in [0.15, 0.2) is 17.4 Å². The van der Waals surface area contributed by atoms with Crippen LogP contribution in [0.15, 0.2) is 12.2 Å². The molecule has 0 spiro atoms. The van der Waals surface area contributed by atoms with Crippen molar-refractivity contribution in [2.45, 2.75) is 13.8 Å². The Hall–Kier alpha value is -0.788. The summed E-state index contributed by atoms with van der Waals surface area (Å²) in [5.41, 5.74) is 0. The first kappa shape index (κ1) is 14.7. The molecule has 0 N–H and O–H groups in total. The lowest BCUT2D eigenvalue weighted by atomic mass is 10.5. The van der Waals surface area contributed by atoms with Crippen molar-refractivity contribution >= 4 is 29.3 Å². The van der Waals surface area contributed by atoms with Gasteiger partial charge in [-0.1, -0.05) is 0 Å². The van der Waals surface area contributed by atoms with E-state index in [1.54, 1.807) is 13.8 Å². The minimum absolute atomic E-state index is 0. The Morgan fingerprint density at radius 3 is 1.54 bits per heavy atom. The van der Waals surface area contributed by atoms with E-state index in [-0.39, 0.29) is 17.4 Å². The highest BCUT2D eigenvalue weighted by Crippen LogP contribution is 1.84. The van der Waals surface area contributed by atoms with Crippen LogP contribution in [0, 0.1) is 0 Å². The molecule has 0 radical (unpaired) electrons. The molecule has 0 saturated heterocycles. The molecule has 13 heavy (non-hydrogen) atoms. The molecule has 0 aromatic heterocycles. The highest BCUT2D eigenvalue weighted by atomic mass is 27.0. The zero-order valence-electron chi connectivity index (χ0n) is 7.20. The maximum atomic E-state index is 10.6. The van der Waals surface area contributed by atoms with Crippen molar-refractivity contribution in [1.29, 1.82) is 0 Å². The Balaban J connectivity index is 0. The lowest BCUT2D eigenvalue weighted by Gasteiger charge is -1.95. The van der Waals surface area contributed by atoms with Crippen LogP contribution < -0.4 is 0 Å². The zero-order chi connectivity index (χ0) is 9.40. The molecule has 0 aromatic rings. The minimum atomic E-state index is -0.537. The first-order valence-electron chi connectivity index (χ1n) is 3.72. The topological polar surface area (TPSA) is 52.6 Å². The number of hydrogen-bond donors (Lipinski definition) is 0. The van der Waals surface area contributed by atoms with Crippen molar-refractivity contribution in [3.05, 3.63) is 12.2 Å². The van der Waals surface area contributed by atoms with Crippen LogP contribution >= 0.6 is 0 Å². The van der Waals surface area contributed by atoms with Crippen molar-refractivity contribution in [3.63, 3.8) is 0 Å². The fourth-order valence-corrected chi connectivity index (χ4v) is 0.517. The van der Waals surface area contributed by atoms with E-state index < -0.39 is 11.9 Å². The Morgan fingerprint density at radius 2 is 1.31 bits per heavy atom. The van der Waals surface area contributed by atoms with Crippen LogP contribution in [-0.2, 0) is 19.1 Å². The van der Waals surface area contributed by atoms with Crippen LogP contribution in [0.3, 0.4) is 0 Å². The van der Waals surface area contributed by atoms with E-state index in [4.69, 9.17) is 0 Å². The molecule has 0 fully saturated rings. The molecule has 0 heterocycles. The van der Waals surface area contributed by atoms with E-state index in [2.05, 4.69) is 9.47 Å². The number of hydrogen-bond acceptors (Lipinski definition) is 4. The molecule has 0 aliphatic rings. The predicted octanol–water partition coefficient (Wildman–Crippen LogP) is -0.515. The normalized spacial score (nSPS) is 9.08. The predicted molar refractivity (Wildman–Crippen MR) is 52.3 cm³/mol. The van der Waals surface area contributed by atoms with Crippen LogP contribution in [-0.4, -0.2) is 42.5 Å². The molecule has 0 bridgehead atoms. The van der Waals surface area contributed by atoms with Gasteiger partial charge < -0.3 is 9.47 Å².